The molecule has 1 heteroatoms. The molecule has 1 aromatic heterocycles. The van der Waals surface area contributed by atoms with Crippen LogP contribution in [0.5, 0.6) is 0 Å². The van der Waals surface area contributed by atoms with Crippen LogP contribution >= 0.6 is 11.3 Å². The summed E-state index contributed by atoms with van der Waals surface area (Å²) in [5, 5.41) is 5.32. The smallest absolute Gasteiger partial charge is 0.0403 e. The Kier molecular flexibility index (Phi) is 8.64. The lowest BCUT2D eigenvalue weighted by Gasteiger charge is -2.20. The highest BCUT2D eigenvalue weighted by atomic mass is 32.1. The summed E-state index contributed by atoms with van der Waals surface area (Å²) in [6, 6.07) is 72.7. The molecule has 1 aliphatic carbocycles. The fraction of sp³-hybridized carbons (Fsp3) is 0.0877. The molecule has 0 amide bonds. The molecule has 0 N–H and O–H groups in total. The van der Waals surface area contributed by atoms with E-state index in [1.807, 2.05) is 11.3 Å². The van der Waals surface area contributed by atoms with Gasteiger partial charge in [0.25, 0.3) is 0 Å². The van der Waals surface area contributed by atoms with Gasteiger partial charge in [-0.3, -0.25) is 0 Å². The second-order valence-corrected chi connectivity index (χ2v) is 17.0. The predicted octanol–water partition coefficient (Wildman–Crippen LogP) is 15.9. The van der Waals surface area contributed by atoms with E-state index in [1.54, 1.807) is 0 Å². The zero-order valence-electron chi connectivity index (χ0n) is 32.6. The Morgan fingerprint density at radius 1 is 0.500 bits per heavy atom. The molecular formula is C57H42S. The highest BCUT2D eigenvalue weighted by molar-refractivity contribution is 7.26. The first-order chi connectivity index (χ1) is 28.7. The van der Waals surface area contributed by atoms with E-state index in [-0.39, 0.29) is 0 Å². The van der Waals surface area contributed by atoms with Gasteiger partial charge in [0.15, 0.2) is 0 Å². The molecule has 9 aromatic carbocycles. The third-order valence-corrected chi connectivity index (χ3v) is 13.8. The van der Waals surface area contributed by atoms with Gasteiger partial charge < -0.3 is 0 Å². The van der Waals surface area contributed by atoms with Crippen LogP contribution < -0.4 is 0 Å². The molecule has 0 nitrogen and oxygen atoms in total. The van der Waals surface area contributed by atoms with Crippen LogP contribution in [0.4, 0.5) is 0 Å². The van der Waals surface area contributed by atoms with Crippen molar-refractivity contribution in [2.75, 3.05) is 0 Å². The zero-order chi connectivity index (χ0) is 38.6. The number of fused-ring (bicyclic) bond motifs is 7. The Hall–Kier alpha value is -6.54. The van der Waals surface area contributed by atoms with Crippen molar-refractivity contribution in [1.82, 2.24) is 0 Å². The van der Waals surface area contributed by atoms with E-state index in [2.05, 4.69) is 201 Å². The number of hydrogen-bond acceptors (Lipinski definition) is 1. The van der Waals surface area contributed by atoms with Gasteiger partial charge in [0, 0.05) is 32.5 Å². The average molecular weight is 759 g/mol. The van der Waals surface area contributed by atoms with Crippen LogP contribution in [0.25, 0.3) is 75.5 Å². The van der Waals surface area contributed by atoms with Crippen LogP contribution in [0.3, 0.4) is 0 Å². The van der Waals surface area contributed by atoms with Crippen LogP contribution in [0, 0.1) is 6.92 Å². The molecule has 1 heterocycles. The molecule has 1 atom stereocenters. The molecule has 11 rings (SSSR count). The Morgan fingerprint density at radius 2 is 1.19 bits per heavy atom. The molecule has 0 saturated carbocycles. The summed E-state index contributed by atoms with van der Waals surface area (Å²) in [6.07, 6.45) is 2.97. The van der Waals surface area contributed by atoms with Gasteiger partial charge >= 0.3 is 0 Å². The molecule has 1 unspecified atom stereocenters. The van der Waals surface area contributed by atoms with E-state index in [4.69, 9.17) is 0 Å². The van der Waals surface area contributed by atoms with E-state index in [1.165, 1.54) is 109 Å². The molecule has 0 saturated heterocycles. The second-order valence-electron chi connectivity index (χ2n) is 15.9. The van der Waals surface area contributed by atoms with Crippen LogP contribution in [0.2, 0.25) is 0 Å². The van der Waals surface area contributed by atoms with Crippen molar-refractivity contribution in [3.8, 4) is 44.5 Å². The Bertz CT molecular complexity index is 3140. The van der Waals surface area contributed by atoms with Crippen molar-refractivity contribution in [2.24, 2.45) is 0 Å². The van der Waals surface area contributed by atoms with Crippen LogP contribution in [0.1, 0.15) is 45.7 Å². The minimum absolute atomic E-state index is 0.324. The van der Waals surface area contributed by atoms with Gasteiger partial charge in [-0.2, -0.15) is 0 Å². The maximum absolute atomic E-state index is 2.53. The van der Waals surface area contributed by atoms with Crippen molar-refractivity contribution in [2.45, 2.75) is 32.1 Å². The number of aryl methyl sites for hydroxylation is 2. The van der Waals surface area contributed by atoms with E-state index in [0.29, 0.717) is 5.92 Å². The minimum atomic E-state index is 0.324. The lowest BCUT2D eigenvalue weighted by molar-refractivity contribution is 0.726. The predicted molar refractivity (Wildman–Crippen MR) is 249 cm³/mol. The molecular weight excluding hydrogens is 717 g/mol. The van der Waals surface area contributed by atoms with Gasteiger partial charge in [0.2, 0.25) is 0 Å². The third kappa shape index (κ3) is 5.97. The first kappa shape index (κ1) is 34.7. The molecule has 276 valence electrons. The standard InChI is InChI=1S/C57H42S/c1-37-14-5-7-20-45(37)53-36-52(56-50-24-11-12-25-55(50)58-57(56)54(53)35-43-19-13-18-40-17-6-8-21-46(40)43)44-31-30-42-32-33-47(48-22-9-10-23-49(48)51(42)34-44)41-28-26-39(27-29-41)38-15-3-2-4-16-38/h2-31,34,36,47H,32-33,35H2,1H3. The maximum Gasteiger partial charge on any atom is 0.0403 e. The van der Waals surface area contributed by atoms with Crippen LogP contribution in [-0.4, -0.2) is 0 Å². The topological polar surface area (TPSA) is 0 Å². The van der Waals surface area contributed by atoms with Gasteiger partial charge in [0.1, 0.15) is 0 Å². The SMILES string of the molecule is Cc1ccccc1-c1cc(-c2ccc3c(c2)-c2ccccc2C(c2ccc(-c4ccccc4)cc2)CC3)c2c(sc3ccccc32)c1Cc1cccc2ccccc12. The second kappa shape index (κ2) is 14.4. The Morgan fingerprint density at radius 3 is 2.05 bits per heavy atom. The number of benzene rings is 9. The maximum atomic E-state index is 2.53. The van der Waals surface area contributed by atoms with Gasteiger partial charge in [-0.1, -0.05) is 176 Å². The van der Waals surface area contributed by atoms with Gasteiger partial charge in [0.05, 0.1) is 0 Å². The lowest BCUT2D eigenvalue weighted by atomic mass is 9.84. The molecule has 1 aliphatic rings. The summed E-state index contributed by atoms with van der Waals surface area (Å²) in [4.78, 5) is 0. The number of rotatable bonds is 6. The number of thiophene rings is 1. The molecule has 10 aromatic rings. The molecule has 0 fully saturated rings. The van der Waals surface area contributed by atoms with Gasteiger partial charge in [-0.05, 0) is 127 Å². The summed E-state index contributed by atoms with van der Waals surface area (Å²) < 4.78 is 2.72. The summed E-state index contributed by atoms with van der Waals surface area (Å²) in [5.74, 6) is 0.324. The Labute approximate surface area is 344 Å². The molecule has 0 spiro atoms. The average Bonchev–Trinajstić information content (AvgIpc) is 3.59. The van der Waals surface area contributed by atoms with Gasteiger partial charge in [-0.15, -0.1) is 11.3 Å². The third-order valence-electron chi connectivity index (χ3n) is 12.6. The fourth-order valence-corrected chi connectivity index (χ4v) is 11.0. The fourth-order valence-electron chi connectivity index (χ4n) is 9.71. The molecule has 0 aliphatic heterocycles. The van der Waals surface area contributed by atoms with Crippen molar-refractivity contribution < 1.29 is 0 Å². The lowest BCUT2D eigenvalue weighted by Crippen LogP contribution is -2.02. The largest absolute Gasteiger partial charge is 0.135 e. The van der Waals surface area contributed by atoms with Crippen LogP contribution in [-0.2, 0) is 12.8 Å². The highest BCUT2D eigenvalue weighted by Crippen LogP contribution is 2.49. The minimum Gasteiger partial charge on any atom is -0.135 e. The van der Waals surface area contributed by atoms with E-state index in [9.17, 15) is 0 Å². The summed E-state index contributed by atoms with van der Waals surface area (Å²) in [6.45, 7) is 2.26. The van der Waals surface area contributed by atoms with E-state index < -0.39 is 0 Å². The molecule has 58 heavy (non-hydrogen) atoms. The molecule has 0 bridgehead atoms. The van der Waals surface area contributed by atoms with Crippen molar-refractivity contribution >= 4 is 42.3 Å². The van der Waals surface area contributed by atoms with Crippen molar-refractivity contribution in [3.05, 3.63) is 228 Å². The quantitative estimate of drug-likeness (QED) is 0.158. The monoisotopic (exact) mass is 758 g/mol. The summed E-state index contributed by atoms with van der Waals surface area (Å²) in [7, 11) is 0. The molecule has 0 radical (unpaired) electrons. The highest BCUT2D eigenvalue weighted by Gasteiger charge is 2.26. The van der Waals surface area contributed by atoms with Crippen molar-refractivity contribution in [1.29, 1.82) is 0 Å². The van der Waals surface area contributed by atoms with E-state index in [0.717, 1.165) is 19.3 Å². The Balaban J connectivity index is 1.10. The summed E-state index contributed by atoms with van der Waals surface area (Å²) in [5.41, 5.74) is 18.8. The van der Waals surface area contributed by atoms with Crippen molar-refractivity contribution in [3.63, 3.8) is 0 Å². The number of hydrogen-bond donors (Lipinski definition) is 0. The first-order valence-corrected chi connectivity index (χ1v) is 21.4. The zero-order valence-corrected chi connectivity index (χ0v) is 33.4. The normalized spacial score (nSPS) is 13.7. The van der Waals surface area contributed by atoms with E-state index >= 15 is 0 Å². The first-order valence-electron chi connectivity index (χ1n) is 20.6. The summed E-state index contributed by atoms with van der Waals surface area (Å²) >= 11 is 1.95. The van der Waals surface area contributed by atoms with Gasteiger partial charge in [-0.25, -0.2) is 0 Å². The van der Waals surface area contributed by atoms with Crippen LogP contribution in [0.15, 0.2) is 194 Å².